The average Bonchev–Trinajstić information content (AvgIpc) is 2.66. The molecule has 3 aromatic rings. The minimum absolute atomic E-state index is 0.120. The zero-order valence-corrected chi connectivity index (χ0v) is 13.5. The fourth-order valence-electron chi connectivity index (χ4n) is 3.18. The molecule has 0 spiro atoms. The van der Waals surface area contributed by atoms with Crippen molar-refractivity contribution >= 4 is 29.0 Å². The van der Waals surface area contributed by atoms with Gasteiger partial charge in [0.2, 0.25) is 0 Å². The van der Waals surface area contributed by atoms with Crippen LogP contribution in [0.2, 0.25) is 0 Å². The predicted molar refractivity (Wildman–Crippen MR) is 99.6 cm³/mol. The standard InChI is InChI=1S/C22H15NO2/c1-2-14-8-3-6-12-18(14)23-19-13-7-11-17-20(19)22(25)16-10-5-4-9-15(16)21(17)24/h2-13,23H,1H2. The highest BCUT2D eigenvalue weighted by atomic mass is 16.1. The monoisotopic (exact) mass is 325 g/mol. The Labute approximate surface area is 145 Å². The summed E-state index contributed by atoms with van der Waals surface area (Å²) in [5, 5.41) is 3.29. The van der Waals surface area contributed by atoms with Gasteiger partial charge in [-0.15, -0.1) is 0 Å². The lowest BCUT2D eigenvalue weighted by Gasteiger charge is -2.21. The summed E-state index contributed by atoms with van der Waals surface area (Å²) in [5.41, 5.74) is 4.16. The molecule has 0 unspecified atom stereocenters. The molecule has 0 aliphatic heterocycles. The van der Waals surface area contributed by atoms with Crippen molar-refractivity contribution in [2.45, 2.75) is 0 Å². The average molecular weight is 325 g/mol. The molecule has 1 aliphatic rings. The van der Waals surface area contributed by atoms with E-state index in [1.165, 1.54) is 0 Å². The summed E-state index contributed by atoms with van der Waals surface area (Å²) in [6.45, 7) is 3.82. The molecular weight excluding hydrogens is 310 g/mol. The van der Waals surface area contributed by atoms with E-state index in [1.807, 2.05) is 30.3 Å². The third kappa shape index (κ3) is 2.37. The minimum atomic E-state index is -0.135. The van der Waals surface area contributed by atoms with Crippen LogP contribution in [-0.2, 0) is 0 Å². The molecule has 0 radical (unpaired) electrons. The number of carbonyl (C=O) groups excluding carboxylic acids is 2. The highest BCUT2D eigenvalue weighted by Crippen LogP contribution is 2.34. The van der Waals surface area contributed by atoms with Crippen molar-refractivity contribution < 1.29 is 9.59 Å². The third-order valence-corrected chi connectivity index (χ3v) is 4.40. The first-order valence-electron chi connectivity index (χ1n) is 8.00. The number of fused-ring (bicyclic) bond motifs is 2. The van der Waals surface area contributed by atoms with Gasteiger partial charge in [-0.3, -0.25) is 9.59 Å². The lowest BCUT2D eigenvalue weighted by molar-refractivity contribution is 0.0979. The number of carbonyl (C=O) groups is 2. The highest BCUT2D eigenvalue weighted by Gasteiger charge is 2.31. The SMILES string of the molecule is C=Cc1ccccc1Nc1cccc2c1C(=O)c1ccccc1C2=O. The first-order valence-corrected chi connectivity index (χ1v) is 8.00. The molecule has 0 aromatic heterocycles. The van der Waals surface area contributed by atoms with E-state index in [1.54, 1.807) is 42.5 Å². The lowest BCUT2D eigenvalue weighted by atomic mass is 9.83. The molecule has 1 N–H and O–H groups in total. The van der Waals surface area contributed by atoms with Crippen LogP contribution in [0.25, 0.3) is 6.08 Å². The van der Waals surface area contributed by atoms with E-state index in [4.69, 9.17) is 0 Å². The summed E-state index contributed by atoms with van der Waals surface area (Å²) in [5.74, 6) is -0.254. The van der Waals surface area contributed by atoms with Crippen molar-refractivity contribution in [3.8, 4) is 0 Å². The molecule has 3 heteroatoms. The van der Waals surface area contributed by atoms with Gasteiger partial charge in [0.1, 0.15) is 0 Å². The van der Waals surface area contributed by atoms with Crippen LogP contribution < -0.4 is 5.32 Å². The Hall–Kier alpha value is -3.46. The summed E-state index contributed by atoms with van der Waals surface area (Å²) < 4.78 is 0. The van der Waals surface area contributed by atoms with Crippen LogP contribution in [0.5, 0.6) is 0 Å². The summed E-state index contributed by atoms with van der Waals surface area (Å²) in [6.07, 6.45) is 1.75. The van der Waals surface area contributed by atoms with Crippen LogP contribution in [0.15, 0.2) is 73.3 Å². The van der Waals surface area contributed by atoms with Crippen LogP contribution in [0.3, 0.4) is 0 Å². The van der Waals surface area contributed by atoms with Gasteiger partial charge in [0.05, 0.1) is 11.3 Å². The molecule has 0 saturated carbocycles. The number of nitrogens with one attached hydrogen (secondary N) is 1. The van der Waals surface area contributed by atoms with Crippen molar-refractivity contribution in [2.75, 3.05) is 5.32 Å². The van der Waals surface area contributed by atoms with Gasteiger partial charge in [-0.2, -0.15) is 0 Å². The third-order valence-electron chi connectivity index (χ3n) is 4.40. The maximum atomic E-state index is 13.0. The summed E-state index contributed by atoms with van der Waals surface area (Å²) in [7, 11) is 0. The topological polar surface area (TPSA) is 46.2 Å². The number of hydrogen-bond donors (Lipinski definition) is 1. The summed E-state index contributed by atoms with van der Waals surface area (Å²) in [6, 6.07) is 20.0. The van der Waals surface area contributed by atoms with Gasteiger partial charge in [-0.05, 0) is 17.7 Å². The smallest absolute Gasteiger partial charge is 0.196 e. The zero-order valence-electron chi connectivity index (χ0n) is 13.5. The van der Waals surface area contributed by atoms with Crippen LogP contribution in [0.1, 0.15) is 37.4 Å². The molecule has 0 bridgehead atoms. The van der Waals surface area contributed by atoms with Crippen molar-refractivity contribution in [3.05, 3.63) is 101 Å². The van der Waals surface area contributed by atoms with Gasteiger partial charge in [0.15, 0.2) is 11.6 Å². The Morgan fingerprint density at radius 3 is 2.04 bits per heavy atom. The maximum Gasteiger partial charge on any atom is 0.196 e. The number of benzene rings is 3. The van der Waals surface area contributed by atoms with E-state index in [2.05, 4.69) is 11.9 Å². The van der Waals surface area contributed by atoms with Crippen LogP contribution in [0, 0.1) is 0 Å². The second-order valence-electron chi connectivity index (χ2n) is 5.85. The summed E-state index contributed by atoms with van der Waals surface area (Å²) in [4.78, 5) is 25.8. The second kappa shape index (κ2) is 5.87. The van der Waals surface area contributed by atoms with Crippen LogP contribution in [0.4, 0.5) is 11.4 Å². The fraction of sp³-hybridized carbons (Fsp3) is 0. The number of hydrogen-bond acceptors (Lipinski definition) is 3. The Kier molecular flexibility index (Phi) is 3.55. The Bertz CT molecular complexity index is 1030. The van der Waals surface area contributed by atoms with E-state index in [0.29, 0.717) is 27.9 Å². The highest BCUT2D eigenvalue weighted by molar-refractivity contribution is 6.30. The normalized spacial score (nSPS) is 12.3. The van der Waals surface area contributed by atoms with Crippen LogP contribution in [-0.4, -0.2) is 11.6 Å². The van der Waals surface area contributed by atoms with Gasteiger partial charge in [-0.1, -0.05) is 67.3 Å². The lowest BCUT2D eigenvalue weighted by Crippen LogP contribution is -2.22. The predicted octanol–water partition coefficient (Wildman–Crippen LogP) is 4.85. The molecule has 3 nitrogen and oxygen atoms in total. The molecule has 4 rings (SSSR count). The van der Waals surface area contributed by atoms with Gasteiger partial charge >= 0.3 is 0 Å². The van der Waals surface area contributed by atoms with Gasteiger partial charge in [-0.25, -0.2) is 0 Å². The van der Waals surface area contributed by atoms with E-state index >= 15 is 0 Å². The molecule has 0 heterocycles. The van der Waals surface area contributed by atoms with E-state index in [-0.39, 0.29) is 11.6 Å². The quantitative estimate of drug-likeness (QED) is 0.586. The molecule has 25 heavy (non-hydrogen) atoms. The number of para-hydroxylation sites is 1. The van der Waals surface area contributed by atoms with Crippen molar-refractivity contribution in [1.82, 2.24) is 0 Å². The first kappa shape index (κ1) is 15.1. The van der Waals surface area contributed by atoms with Gasteiger partial charge in [0.25, 0.3) is 0 Å². The minimum Gasteiger partial charge on any atom is -0.354 e. The van der Waals surface area contributed by atoms with Gasteiger partial charge < -0.3 is 5.32 Å². The first-order chi connectivity index (χ1) is 12.2. The molecule has 0 atom stereocenters. The van der Waals surface area contributed by atoms with Crippen LogP contribution >= 0.6 is 0 Å². The molecule has 0 saturated heterocycles. The number of rotatable bonds is 3. The van der Waals surface area contributed by atoms with Crippen molar-refractivity contribution in [2.24, 2.45) is 0 Å². The van der Waals surface area contributed by atoms with Crippen molar-refractivity contribution in [3.63, 3.8) is 0 Å². The molecule has 120 valence electrons. The second-order valence-corrected chi connectivity index (χ2v) is 5.85. The van der Waals surface area contributed by atoms with E-state index in [9.17, 15) is 9.59 Å². The fourth-order valence-corrected chi connectivity index (χ4v) is 3.18. The number of anilines is 2. The van der Waals surface area contributed by atoms with Crippen molar-refractivity contribution in [1.29, 1.82) is 0 Å². The Morgan fingerprint density at radius 1 is 0.680 bits per heavy atom. The molecular formula is C22H15NO2. The molecule has 3 aromatic carbocycles. The van der Waals surface area contributed by atoms with E-state index < -0.39 is 0 Å². The molecule has 0 fully saturated rings. The molecule has 0 amide bonds. The maximum absolute atomic E-state index is 13.0. The Morgan fingerprint density at radius 2 is 1.28 bits per heavy atom. The molecule has 1 aliphatic carbocycles. The largest absolute Gasteiger partial charge is 0.354 e. The summed E-state index contributed by atoms with van der Waals surface area (Å²) >= 11 is 0. The zero-order chi connectivity index (χ0) is 17.4. The Balaban J connectivity index is 1.87. The van der Waals surface area contributed by atoms with Gasteiger partial charge in [0, 0.05) is 22.4 Å². The van der Waals surface area contributed by atoms with E-state index in [0.717, 1.165) is 11.3 Å². The number of ketones is 2.